The molecule has 1 N–H and O–H groups in total. The largest absolute Gasteiger partial charge is 0.452 e. The van der Waals surface area contributed by atoms with E-state index in [1.54, 1.807) is 18.2 Å². The maximum absolute atomic E-state index is 14.1. The second-order valence-electron chi connectivity index (χ2n) is 10.4. The van der Waals surface area contributed by atoms with Gasteiger partial charge in [-0.2, -0.15) is 0 Å². The van der Waals surface area contributed by atoms with Crippen LogP contribution in [0.5, 0.6) is 0 Å². The highest BCUT2D eigenvalue weighted by atomic mass is 19.1. The number of amides is 3. The number of carbonyl (C=O) groups excluding carboxylic acids is 4. The molecule has 4 aliphatic rings. The van der Waals surface area contributed by atoms with Crippen molar-refractivity contribution in [2.24, 2.45) is 11.8 Å². The van der Waals surface area contributed by atoms with Gasteiger partial charge in [-0.3, -0.25) is 14.4 Å². The Bertz CT molecular complexity index is 1640. The second kappa shape index (κ2) is 9.52. The van der Waals surface area contributed by atoms with Crippen LogP contribution in [0, 0.1) is 17.7 Å². The van der Waals surface area contributed by atoms with Gasteiger partial charge in [-0.25, -0.2) is 14.1 Å². The molecule has 4 aromatic carbocycles. The average molecular weight is 547 g/mol. The van der Waals surface area contributed by atoms with E-state index >= 15 is 0 Å². The second-order valence-corrected chi connectivity index (χ2v) is 10.4. The smallest absolute Gasteiger partial charge is 0.340 e. The highest BCUT2D eigenvalue weighted by molar-refractivity contribution is 6.25. The van der Waals surface area contributed by atoms with Crippen LogP contribution in [0.4, 0.5) is 15.8 Å². The van der Waals surface area contributed by atoms with Gasteiger partial charge in [0.1, 0.15) is 5.82 Å². The molecule has 41 heavy (non-hydrogen) atoms. The van der Waals surface area contributed by atoms with Crippen molar-refractivity contribution in [3.63, 3.8) is 0 Å². The number of nitrogens with zero attached hydrogens (tertiary/aromatic N) is 1. The summed E-state index contributed by atoms with van der Waals surface area (Å²) in [5.74, 6) is -4.35. The third kappa shape index (κ3) is 3.86. The molecule has 3 amide bonds. The van der Waals surface area contributed by atoms with Crippen molar-refractivity contribution in [3.8, 4) is 0 Å². The lowest BCUT2D eigenvalue weighted by Crippen LogP contribution is -2.41. The van der Waals surface area contributed by atoms with Crippen molar-refractivity contribution in [3.05, 3.63) is 131 Å². The third-order valence-corrected chi connectivity index (χ3v) is 8.28. The summed E-state index contributed by atoms with van der Waals surface area (Å²) in [5, 5.41) is 2.53. The molecule has 1 aliphatic heterocycles. The van der Waals surface area contributed by atoms with E-state index in [0.717, 1.165) is 27.2 Å². The fourth-order valence-electron chi connectivity index (χ4n) is 6.70. The lowest BCUT2D eigenvalue weighted by atomic mass is 9.55. The Hall–Kier alpha value is -5.11. The summed E-state index contributed by atoms with van der Waals surface area (Å²) >= 11 is 0. The van der Waals surface area contributed by atoms with E-state index in [2.05, 4.69) is 5.32 Å². The molecule has 0 saturated carbocycles. The zero-order valence-electron chi connectivity index (χ0n) is 21.6. The number of para-hydroxylation sites is 1. The Kier molecular flexibility index (Phi) is 5.78. The highest BCUT2D eigenvalue weighted by Gasteiger charge is 2.62. The van der Waals surface area contributed by atoms with E-state index in [9.17, 15) is 23.6 Å². The van der Waals surface area contributed by atoms with Gasteiger partial charge in [-0.1, -0.05) is 60.7 Å². The number of rotatable bonds is 5. The molecule has 0 radical (unpaired) electrons. The van der Waals surface area contributed by atoms with Gasteiger partial charge in [-0.15, -0.1) is 0 Å². The summed E-state index contributed by atoms with van der Waals surface area (Å²) in [6, 6.07) is 27.4. The number of imide groups is 1. The molecule has 1 fully saturated rings. The zero-order valence-corrected chi connectivity index (χ0v) is 21.6. The topological polar surface area (TPSA) is 92.8 Å². The summed E-state index contributed by atoms with van der Waals surface area (Å²) in [4.78, 5) is 54.8. The van der Waals surface area contributed by atoms with Crippen LogP contribution in [-0.2, 0) is 19.1 Å². The summed E-state index contributed by atoms with van der Waals surface area (Å²) in [6.07, 6.45) is 0. The molecule has 1 saturated heterocycles. The SMILES string of the molecule is O=C(COC(=O)c1ccccc1N1C(=O)[C@H]2C3c4ccccc4C(c4ccccc43)[C@@H]2C1=O)Nc1ccc(F)cc1. The van der Waals surface area contributed by atoms with Gasteiger partial charge in [0.05, 0.1) is 23.1 Å². The number of nitrogens with one attached hydrogen (secondary N) is 1. The standard InChI is InChI=1S/C33H23FN2O5/c34-18-13-15-19(16-14-18)35-26(37)17-41-33(40)24-11-5-6-12-25(24)36-31(38)29-27-20-7-1-2-8-21(20)28(30(29)32(36)39)23-10-4-3-9-22(23)27/h1-16,27-30H,17H2,(H,35,37)/t27?,28?,29-,30-/m0/s1. The van der Waals surface area contributed by atoms with Gasteiger partial charge in [0.2, 0.25) is 11.8 Å². The minimum Gasteiger partial charge on any atom is -0.452 e. The number of anilines is 2. The Morgan fingerprint density at radius 3 is 1.73 bits per heavy atom. The molecule has 8 heteroatoms. The molecular formula is C33H23FN2O5. The highest BCUT2D eigenvalue weighted by Crippen LogP contribution is 2.61. The van der Waals surface area contributed by atoms with Crippen LogP contribution in [0.2, 0.25) is 0 Å². The van der Waals surface area contributed by atoms with Crippen LogP contribution in [0.25, 0.3) is 0 Å². The van der Waals surface area contributed by atoms with Crippen LogP contribution in [0.15, 0.2) is 97.1 Å². The molecule has 2 bridgehead atoms. The average Bonchev–Trinajstić information content (AvgIpc) is 3.27. The number of hydrogen-bond donors (Lipinski definition) is 1. The number of carbonyl (C=O) groups is 4. The van der Waals surface area contributed by atoms with Crippen LogP contribution in [-0.4, -0.2) is 30.3 Å². The molecule has 202 valence electrons. The maximum atomic E-state index is 14.1. The number of esters is 1. The fraction of sp³-hybridized carbons (Fsp3) is 0.152. The molecular weight excluding hydrogens is 523 g/mol. The monoisotopic (exact) mass is 546 g/mol. The lowest BCUT2D eigenvalue weighted by Gasteiger charge is -2.45. The van der Waals surface area contributed by atoms with Gasteiger partial charge < -0.3 is 10.1 Å². The van der Waals surface area contributed by atoms with Crippen LogP contribution < -0.4 is 10.2 Å². The third-order valence-electron chi connectivity index (χ3n) is 8.28. The first-order valence-corrected chi connectivity index (χ1v) is 13.3. The van der Waals surface area contributed by atoms with E-state index in [1.807, 2.05) is 48.5 Å². The summed E-state index contributed by atoms with van der Waals surface area (Å²) < 4.78 is 18.4. The molecule has 3 aliphatic carbocycles. The number of hydrogen-bond acceptors (Lipinski definition) is 5. The van der Waals surface area contributed by atoms with E-state index in [1.165, 1.54) is 30.3 Å². The van der Waals surface area contributed by atoms with E-state index in [4.69, 9.17) is 4.74 Å². The van der Waals surface area contributed by atoms with Gasteiger partial charge >= 0.3 is 5.97 Å². The number of ether oxygens (including phenoxy) is 1. The lowest BCUT2D eigenvalue weighted by molar-refractivity contribution is -0.122. The van der Waals surface area contributed by atoms with Gasteiger partial charge in [-0.05, 0) is 58.7 Å². The Morgan fingerprint density at radius 1 is 0.707 bits per heavy atom. The summed E-state index contributed by atoms with van der Waals surface area (Å²) in [5.41, 5.74) is 4.71. The number of benzene rings is 4. The van der Waals surface area contributed by atoms with Crippen molar-refractivity contribution in [2.45, 2.75) is 11.8 Å². The van der Waals surface area contributed by atoms with Crippen molar-refractivity contribution in [2.75, 3.05) is 16.8 Å². The summed E-state index contributed by atoms with van der Waals surface area (Å²) in [7, 11) is 0. The fourth-order valence-corrected chi connectivity index (χ4v) is 6.70. The van der Waals surface area contributed by atoms with Crippen molar-refractivity contribution < 1.29 is 28.3 Å². The normalized spacial score (nSPS) is 21.6. The van der Waals surface area contributed by atoms with E-state index in [0.29, 0.717) is 5.69 Å². The van der Waals surface area contributed by atoms with Crippen LogP contribution in [0.3, 0.4) is 0 Å². The maximum Gasteiger partial charge on any atom is 0.340 e. The first-order valence-electron chi connectivity index (χ1n) is 13.3. The molecule has 0 unspecified atom stereocenters. The quantitative estimate of drug-likeness (QED) is 0.280. The van der Waals surface area contributed by atoms with Gasteiger partial charge in [0.15, 0.2) is 6.61 Å². The van der Waals surface area contributed by atoms with E-state index in [-0.39, 0.29) is 34.9 Å². The molecule has 4 aromatic rings. The minimum absolute atomic E-state index is 0.00445. The molecule has 7 nitrogen and oxygen atoms in total. The van der Waals surface area contributed by atoms with Gasteiger partial charge in [0, 0.05) is 17.5 Å². The Morgan fingerprint density at radius 2 is 1.20 bits per heavy atom. The number of halogens is 1. The van der Waals surface area contributed by atoms with Gasteiger partial charge in [0.25, 0.3) is 5.91 Å². The van der Waals surface area contributed by atoms with Crippen LogP contribution in [0.1, 0.15) is 44.4 Å². The summed E-state index contributed by atoms with van der Waals surface area (Å²) in [6.45, 7) is -0.605. The zero-order chi connectivity index (χ0) is 28.2. The molecule has 1 heterocycles. The van der Waals surface area contributed by atoms with Crippen molar-refractivity contribution in [1.29, 1.82) is 0 Å². The molecule has 0 aromatic heterocycles. The minimum atomic E-state index is -0.847. The van der Waals surface area contributed by atoms with E-state index < -0.39 is 36.1 Å². The van der Waals surface area contributed by atoms with Crippen molar-refractivity contribution in [1.82, 2.24) is 0 Å². The van der Waals surface area contributed by atoms with Crippen LogP contribution >= 0.6 is 0 Å². The first kappa shape index (κ1) is 24.9. The first-order chi connectivity index (χ1) is 19.9. The molecule has 0 spiro atoms. The Labute approximate surface area is 234 Å². The molecule has 2 atom stereocenters. The Balaban J connectivity index is 1.18. The predicted molar refractivity (Wildman–Crippen MR) is 148 cm³/mol. The predicted octanol–water partition coefficient (Wildman–Crippen LogP) is 5.02. The molecule has 8 rings (SSSR count). The van der Waals surface area contributed by atoms with Crippen molar-refractivity contribution >= 4 is 35.1 Å².